The Morgan fingerprint density at radius 3 is 2.52 bits per heavy atom. The van der Waals surface area contributed by atoms with Crippen molar-refractivity contribution in [1.82, 2.24) is 10.2 Å². The SMILES string of the molecule is C=CC[C@@H](c1cc(Br)cc(OC(F)(F)F)c1)N1CCNCC1.Cl. The van der Waals surface area contributed by atoms with E-state index in [-0.39, 0.29) is 24.2 Å². The van der Waals surface area contributed by atoms with Crippen LogP contribution in [0.4, 0.5) is 13.2 Å². The minimum atomic E-state index is -4.69. The molecule has 1 aliphatic rings. The van der Waals surface area contributed by atoms with Crippen LogP contribution in [0.25, 0.3) is 0 Å². The van der Waals surface area contributed by atoms with Crippen LogP contribution in [0.3, 0.4) is 0 Å². The topological polar surface area (TPSA) is 24.5 Å². The number of hydrogen-bond donors (Lipinski definition) is 1. The highest BCUT2D eigenvalue weighted by Crippen LogP contribution is 2.33. The summed E-state index contributed by atoms with van der Waals surface area (Å²) in [6.07, 6.45) is -2.24. The highest BCUT2D eigenvalue weighted by Gasteiger charge is 2.32. The second kappa shape index (κ2) is 8.92. The van der Waals surface area contributed by atoms with E-state index < -0.39 is 6.36 Å². The summed E-state index contributed by atoms with van der Waals surface area (Å²) >= 11 is 3.26. The van der Waals surface area contributed by atoms with Gasteiger partial charge in [0.25, 0.3) is 0 Å². The van der Waals surface area contributed by atoms with Crippen molar-refractivity contribution in [3.05, 3.63) is 40.9 Å². The van der Waals surface area contributed by atoms with Crippen LogP contribution in [0.1, 0.15) is 18.0 Å². The molecule has 3 nitrogen and oxygen atoms in total. The van der Waals surface area contributed by atoms with Gasteiger partial charge < -0.3 is 10.1 Å². The van der Waals surface area contributed by atoms with Crippen molar-refractivity contribution in [1.29, 1.82) is 0 Å². The van der Waals surface area contributed by atoms with E-state index in [4.69, 9.17) is 0 Å². The Hall–Kier alpha value is -0.760. The van der Waals surface area contributed by atoms with Crippen LogP contribution in [-0.4, -0.2) is 37.4 Å². The van der Waals surface area contributed by atoms with Crippen LogP contribution in [0, 0.1) is 0 Å². The summed E-state index contributed by atoms with van der Waals surface area (Å²) < 4.78 is 41.9. The van der Waals surface area contributed by atoms with E-state index >= 15 is 0 Å². The number of rotatable bonds is 5. The molecule has 0 aromatic heterocycles. The molecule has 0 unspecified atom stereocenters. The first-order valence-corrected chi connectivity index (χ1v) is 7.80. The van der Waals surface area contributed by atoms with E-state index in [0.29, 0.717) is 10.9 Å². The molecule has 0 saturated carbocycles. The number of halogens is 5. The maximum Gasteiger partial charge on any atom is 0.573 e. The Balaban J connectivity index is 0.00000264. The van der Waals surface area contributed by atoms with Crippen LogP contribution in [0.5, 0.6) is 5.75 Å². The van der Waals surface area contributed by atoms with Gasteiger partial charge in [-0.2, -0.15) is 0 Å². The Bertz CT molecular complexity index is 522. The van der Waals surface area contributed by atoms with Crippen molar-refractivity contribution in [2.24, 2.45) is 0 Å². The summed E-state index contributed by atoms with van der Waals surface area (Å²) in [5.74, 6) is -0.207. The van der Waals surface area contributed by atoms with Gasteiger partial charge in [-0.25, -0.2) is 0 Å². The van der Waals surface area contributed by atoms with Crippen LogP contribution >= 0.6 is 28.3 Å². The van der Waals surface area contributed by atoms with Crippen LogP contribution in [-0.2, 0) is 0 Å². The summed E-state index contributed by atoms with van der Waals surface area (Å²) in [5.41, 5.74) is 0.787. The van der Waals surface area contributed by atoms with Gasteiger partial charge in [0.05, 0.1) is 0 Å². The first-order valence-electron chi connectivity index (χ1n) is 7.01. The largest absolute Gasteiger partial charge is 0.573 e. The van der Waals surface area contributed by atoms with Gasteiger partial charge in [0.1, 0.15) is 5.75 Å². The molecule has 1 aromatic carbocycles. The number of ether oxygens (including phenoxy) is 1. The van der Waals surface area contributed by atoms with Gasteiger partial charge in [-0.05, 0) is 30.2 Å². The number of alkyl halides is 3. The van der Waals surface area contributed by atoms with E-state index in [1.807, 2.05) is 6.07 Å². The number of nitrogens with one attached hydrogen (secondary N) is 1. The van der Waals surface area contributed by atoms with Gasteiger partial charge in [-0.1, -0.05) is 22.0 Å². The fraction of sp³-hybridized carbons (Fsp3) is 0.467. The van der Waals surface area contributed by atoms with E-state index in [1.165, 1.54) is 12.1 Å². The fourth-order valence-corrected chi connectivity index (χ4v) is 3.11. The lowest BCUT2D eigenvalue weighted by molar-refractivity contribution is -0.274. The predicted octanol–water partition coefficient (Wildman–Crippen LogP) is 4.29. The van der Waals surface area contributed by atoms with Crippen LogP contribution < -0.4 is 10.1 Å². The molecule has 1 fully saturated rings. The molecule has 1 atom stereocenters. The molecular formula is C15H19BrClF3N2O. The highest BCUT2D eigenvalue weighted by molar-refractivity contribution is 9.10. The van der Waals surface area contributed by atoms with Crippen molar-refractivity contribution in [2.75, 3.05) is 26.2 Å². The summed E-state index contributed by atoms with van der Waals surface area (Å²) in [4.78, 5) is 2.25. The van der Waals surface area contributed by atoms with Crippen molar-refractivity contribution in [3.63, 3.8) is 0 Å². The lowest BCUT2D eigenvalue weighted by Crippen LogP contribution is -2.45. The second-order valence-corrected chi connectivity index (χ2v) is 6.01. The third-order valence-corrected chi connectivity index (χ3v) is 3.95. The molecule has 0 amide bonds. The molecule has 0 radical (unpaired) electrons. The third kappa shape index (κ3) is 6.33. The molecule has 0 aliphatic carbocycles. The van der Waals surface area contributed by atoms with Gasteiger partial charge in [0.2, 0.25) is 0 Å². The molecule has 0 bridgehead atoms. The first kappa shape index (κ1) is 20.3. The summed E-state index contributed by atoms with van der Waals surface area (Å²) in [6.45, 7) is 7.19. The molecule has 1 heterocycles. The van der Waals surface area contributed by atoms with Gasteiger partial charge >= 0.3 is 6.36 Å². The summed E-state index contributed by atoms with van der Waals surface area (Å²) in [6, 6.07) is 4.60. The van der Waals surface area contributed by atoms with E-state index in [1.54, 1.807) is 6.08 Å². The molecule has 8 heteroatoms. The molecule has 1 saturated heterocycles. The van der Waals surface area contributed by atoms with Gasteiger partial charge in [-0.15, -0.1) is 32.2 Å². The molecular weight excluding hydrogens is 397 g/mol. The standard InChI is InChI=1S/C15H18BrF3N2O.ClH/c1-2-3-14(21-6-4-20-5-7-21)11-8-12(16)10-13(9-11)22-15(17,18)19;/h2,8-10,14,20H,1,3-7H2;1H/t14-;/m0./s1. The first-order chi connectivity index (χ1) is 10.4. The number of benzene rings is 1. The average Bonchev–Trinajstić information content (AvgIpc) is 2.43. The molecule has 1 N–H and O–H groups in total. The second-order valence-electron chi connectivity index (χ2n) is 5.09. The molecule has 1 aromatic rings. The summed E-state index contributed by atoms with van der Waals surface area (Å²) in [5, 5.41) is 3.27. The fourth-order valence-electron chi connectivity index (χ4n) is 2.62. The molecule has 23 heavy (non-hydrogen) atoms. The predicted molar refractivity (Wildman–Crippen MR) is 90.1 cm³/mol. The summed E-state index contributed by atoms with van der Waals surface area (Å²) in [7, 11) is 0. The Morgan fingerprint density at radius 1 is 1.30 bits per heavy atom. The maximum absolute atomic E-state index is 12.4. The molecule has 130 valence electrons. The van der Waals surface area contributed by atoms with E-state index in [9.17, 15) is 13.2 Å². The minimum Gasteiger partial charge on any atom is -0.406 e. The molecule has 1 aliphatic heterocycles. The minimum absolute atomic E-state index is 0. The zero-order valence-corrected chi connectivity index (χ0v) is 14.8. The third-order valence-electron chi connectivity index (χ3n) is 3.49. The normalized spacial score (nSPS) is 17.2. The van der Waals surface area contributed by atoms with Crippen LogP contribution in [0.2, 0.25) is 0 Å². The maximum atomic E-state index is 12.4. The Morgan fingerprint density at radius 2 is 1.96 bits per heavy atom. The number of piperazine rings is 1. The van der Waals surface area contributed by atoms with E-state index in [0.717, 1.165) is 31.7 Å². The molecule has 2 rings (SSSR count). The highest BCUT2D eigenvalue weighted by atomic mass is 79.9. The molecule has 0 spiro atoms. The smallest absolute Gasteiger partial charge is 0.406 e. The Kier molecular flexibility index (Phi) is 7.86. The average molecular weight is 416 g/mol. The Labute approximate surface area is 148 Å². The quantitative estimate of drug-likeness (QED) is 0.726. The number of nitrogens with zero attached hydrogens (tertiary/aromatic N) is 1. The van der Waals surface area contributed by atoms with Crippen molar-refractivity contribution in [3.8, 4) is 5.75 Å². The van der Waals surface area contributed by atoms with Gasteiger partial charge in [0.15, 0.2) is 0 Å². The van der Waals surface area contributed by atoms with Gasteiger partial charge in [-0.3, -0.25) is 4.90 Å². The lowest BCUT2D eigenvalue weighted by atomic mass is 10.0. The monoisotopic (exact) mass is 414 g/mol. The van der Waals surface area contributed by atoms with Crippen LogP contribution in [0.15, 0.2) is 35.3 Å². The van der Waals surface area contributed by atoms with E-state index in [2.05, 4.69) is 37.5 Å². The zero-order valence-electron chi connectivity index (χ0n) is 12.4. The van der Waals surface area contributed by atoms with Crippen molar-refractivity contribution in [2.45, 2.75) is 18.8 Å². The van der Waals surface area contributed by atoms with Crippen molar-refractivity contribution < 1.29 is 17.9 Å². The van der Waals surface area contributed by atoms with Crippen molar-refractivity contribution >= 4 is 28.3 Å². The van der Waals surface area contributed by atoms with Gasteiger partial charge in [0, 0.05) is 36.7 Å². The lowest BCUT2D eigenvalue weighted by Gasteiger charge is -2.35. The number of hydrogen-bond acceptors (Lipinski definition) is 3. The zero-order chi connectivity index (χ0) is 16.2.